The number of carbonyl (C=O) groups is 1. The maximum Gasteiger partial charge on any atom is 0.305 e. The Morgan fingerprint density at radius 3 is 2.38 bits per heavy atom. The molecule has 0 aliphatic rings. The zero-order valence-electron chi connectivity index (χ0n) is 8.68. The summed E-state index contributed by atoms with van der Waals surface area (Å²) in [7, 11) is 0. The maximum atomic E-state index is 10.7. The normalized spacial score (nSPS) is 10.0. The Balaban J connectivity index is 2.95. The first kappa shape index (κ1) is 12.5. The molecule has 2 nitrogen and oxygen atoms in total. The molecule has 0 saturated heterocycles. The fraction of sp³-hybridized carbons (Fsp3) is 0.818. The van der Waals surface area contributed by atoms with Gasteiger partial charge in [0.1, 0.15) is 0 Å². The second-order valence-corrected chi connectivity index (χ2v) is 3.20. The van der Waals surface area contributed by atoms with Crippen molar-refractivity contribution in [2.45, 2.75) is 51.9 Å². The van der Waals surface area contributed by atoms with E-state index in [9.17, 15) is 4.79 Å². The van der Waals surface area contributed by atoms with Crippen LogP contribution in [-0.4, -0.2) is 12.6 Å². The molecule has 77 valence electrons. The quantitative estimate of drug-likeness (QED) is 0.429. The van der Waals surface area contributed by atoms with Crippen LogP contribution in [0.25, 0.3) is 0 Å². The maximum absolute atomic E-state index is 10.7. The molecule has 1 radical (unpaired) electrons. The number of hydrogen-bond donors (Lipinski definition) is 0. The first-order valence-corrected chi connectivity index (χ1v) is 5.26. The summed E-state index contributed by atoms with van der Waals surface area (Å²) in [6, 6.07) is 0. The summed E-state index contributed by atoms with van der Waals surface area (Å²) in [5.41, 5.74) is 0. The minimum absolute atomic E-state index is 0.0854. The van der Waals surface area contributed by atoms with Gasteiger partial charge in [-0.3, -0.25) is 4.79 Å². The summed E-state index contributed by atoms with van der Waals surface area (Å²) in [6.45, 7) is 6.19. The van der Waals surface area contributed by atoms with Gasteiger partial charge in [0.05, 0.1) is 6.61 Å². The zero-order chi connectivity index (χ0) is 9.94. The van der Waals surface area contributed by atoms with Crippen LogP contribution in [0.4, 0.5) is 0 Å². The van der Waals surface area contributed by atoms with Crippen LogP contribution in [-0.2, 0) is 9.53 Å². The Bertz CT molecular complexity index is 121. The highest BCUT2D eigenvalue weighted by Crippen LogP contribution is 2.04. The highest BCUT2D eigenvalue weighted by Gasteiger charge is 1.96. The largest absolute Gasteiger partial charge is 0.466 e. The van der Waals surface area contributed by atoms with Crippen molar-refractivity contribution in [1.29, 1.82) is 0 Å². The first-order chi connectivity index (χ1) is 6.31. The molecule has 0 heterocycles. The molecule has 0 unspecified atom stereocenters. The molecule has 13 heavy (non-hydrogen) atoms. The monoisotopic (exact) mass is 185 g/mol. The summed E-state index contributed by atoms with van der Waals surface area (Å²) in [6.07, 6.45) is 7.39. The summed E-state index contributed by atoms with van der Waals surface area (Å²) >= 11 is 0. The molecule has 2 heteroatoms. The van der Waals surface area contributed by atoms with Gasteiger partial charge in [0.25, 0.3) is 0 Å². The molecule has 0 rings (SSSR count). The average Bonchev–Trinajstić information content (AvgIpc) is 2.16. The van der Waals surface area contributed by atoms with Gasteiger partial charge in [0.2, 0.25) is 0 Å². The van der Waals surface area contributed by atoms with Crippen molar-refractivity contribution in [1.82, 2.24) is 0 Å². The Morgan fingerprint density at radius 2 is 1.77 bits per heavy atom. The molecule has 0 aliphatic heterocycles. The fourth-order valence-corrected chi connectivity index (χ4v) is 1.10. The smallest absolute Gasteiger partial charge is 0.305 e. The third kappa shape index (κ3) is 9.38. The second kappa shape index (κ2) is 9.56. The minimum Gasteiger partial charge on any atom is -0.466 e. The molecular formula is C11H21O2. The molecule has 0 aromatic rings. The van der Waals surface area contributed by atoms with Crippen molar-refractivity contribution in [2.24, 2.45) is 0 Å². The van der Waals surface area contributed by atoms with Crippen molar-refractivity contribution in [3.63, 3.8) is 0 Å². The Hall–Kier alpha value is -0.530. The third-order valence-corrected chi connectivity index (χ3v) is 1.95. The molecule has 0 aromatic heterocycles. The summed E-state index contributed by atoms with van der Waals surface area (Å²) in [5.74, 6) is -0.0854. The number of unbranched alkanes of at least 4 members (excludes halogenated alkanes) is 5. The van der Waals surface area contributed by atoms with Crippen LogP contribution in [0.2, 0.25) is 0 Å². The lowest BCUT2D eigenvalue weighted by Gasteiger charge is -2.02. The van der Waals surface area contributed by atoms with E-state index in [-0.39, 0.29) is 5.97 Å². The van der Waals surface area contributed by atoms with E-state index in [2.05, 4.69) is 6.92 Å². The number of ether oxygens (including phenoxy) is 1. The van der Waals surface area contributed by atoms with Gasteiger partial charge in [-0.15, -0.1) is 0 Å². The fourth-order valence-electron chi connectivity index (χ4n) is 1.10. The van der Waals surface area contributed by atoms with Gasteiger partial charge in [-0.1, -0.05) is 46.0 Å². The van der Waals surface area contributed by atoms with Crippen LogP contribution in [0.3, 0.4) is 0 Å². The van der Waals surface area contributed by atoms with E-state index in [0.717, 1.165) is 19.3 Å². The van der Waals surface area contributed by atoms with E-state index >= 15 is 0 Å². The molecule has 0 N–H and O–H groups in total. The van der Waals surface area contributed by atoms with E-state index in [1.165, 1.54) is 19.3 Å². The topological polar surface area (TPSA) is 26.3 Å². The first-order valence-electron chi connectivity index (χ1n) is 5.26. The van der Waals surface area contributed by atoms with E-state index in [1.54, 1.807) is 0 Å². The van der Waals surface area contributed by atoms with Gasteiger partial charge >= 0.3 is 5.97 Å². The Kier molecular flexibility index (Phi) is 9.17. The molecule has 0 saturated carbocycles. The van der Waals surface area contributed by atoms with E-state index in [1.807, 2.05) is 6.92 Å². The van der Waals surface area contributed by atoms with Crippen molar-refractivity contribution >= 4 is 5.97 Å². The predicted molar refractivity (Wildman–Crippen MR) is 54.3 cm³/mol. The highest BCUT2D eigenvalue weighted by atomic mass is 16.5. The standard InChI is InChI=1S/C11H21O2/c1-3-5-6-7-8-9-10-13-11(12)4-2/h1,3-10H2,2H3. The summed E-state index contributed by atoms with van der Waals surface area (Å²) < 4.78 is 4.95. The lowest BCUT2D eigenvalue weighted by atomic mass is 10.1. The van der Waals surface area contributed by atoms with Crippen LogP contribution in [0, 0.1) is 6.92 Å². The van der Waals surface area contributed by atoms with Crippen molar-refractivity contribution in [2.75, 3.05) is 6.61 Å². The molecule has 0 spiro atoms. The number of rotatable bonds is 8. The van der Waals surface area contributed by atoms with Gasteiger partial charge in [-0.25, -0.2) is 0 Å². The number of esters is 1. The average molecular weight is 185 g/mol. The van der Waals surface area contributed by atoms with Gasteiger partial charge in [-0.05, 0) is 6.42 Å². The van der Waals surface area contributed by atoms with Gasteiger partial charge < -0.3 is 4.74 Å². The predicted octanol–water partition coefficient (Wildman–Crippen LogP) is 3.11. The van der Waals surface area contributed by atoms with Crippen molar-refractivity contribution in [3.05, 3.63) is 6.92 Å². The Morgan fingerprint density at radius 1 is 1.15 bits per heavy atom. The highest BCUT2D eigenvalue weighted by molar-refractivity contribution is 5.68. The van der Waals surface area contributed by atoms with Gasteiger partial charge in [0, 0.05) is 6.42 Å². The molecular weight excluding hydrogens is 164 g/mol. The van der Waals surface area contributed by atoms with Gasteiger partial charge in [-0.2, -0.15) is 0 Å². The lowest BCUT2D eigenvalue weighted by molar-refractivity contribution is -0.143. The minimum atomic E-state index is -0.0854. The molecule has 0 aliphatic carbocycles. The second-order valence-electron chi connectivity index (χ2n) is 3.20. The van der Waals surface area contributed by atoms with E-state index < -0.39 is 0 Å². The molecule has 0 amide bonds. The summed E-state index contributed by atoms with van der Waals surface area (Å²) in [4.78, 5) is 10.7. The number of hydrogen-bond acceptors (Lipinski definition) is 2. The molecule has 0 atom stereocenters. The number of carbonyl (C=O) groups excluding carboxylic acids is 1. The van der Waals surface area contributed by atoms with Crippen molar-refractivity contribution < 1.29 is 9.53 Å². The third-order valence-electron chi connectivity index (χ3n) is 1.95. The molecule has 0 fully saturated rings. The molecule has 0 bridgehead atoms. The van der Waals surface area contributed by atoms with E-state index in [4.69, 9.17) is 4.74 Å². The van der Waals surface area contributed by atoms with Crippen LogP contribution < -0.4 is 0 Å². The summed E-state index contributed by atoms with van der Waals surface area (Å²) in [5, 5.41) is 0. The lowest BCUT2D eigenvalue weighted by Crippen LogP contribution is -2.03. The van der Waals surface area contributed by atoms with Crippen LogP contribution in [0.15, 0.2) is 0 Å². The zero-order valence-corrected chi connectivity index (χ0v) is 8.68. The molecule has 0 aromatic carbocycles. The van der Waals surface area contributed by atoms with Crippen LogP contribution in [0.1, 0.15) is 51.9 Å². The van der Waals surface area contributed by atoms with Crippen molar-refractivity contribution in [3.8, 4) is 0 Å². The van der Waals surface area contributed by atoms with Crippen LogP contribution in [0.5, 0.6) is 0 Å². The Labute approximate surface area is 81.7 Å². The SMILES string of the molecule is [CH2]CCCCCCCOC(=O)CC. The van der Waals surface area contributed by atoms with Gasteiger partial charge in [0.15, 0.2) is 0 Å². The van der Waals surface area contributed by atoms with E-state index in [0.29, 0.717) is 13.0 Å². The van der Waals surface area contributed by atoms with Crippen LogP contribution >= 0.6 is 0 Å².